The molecule has 0 aliphatic carbocycles. The number of amides is 1. The number of carbonyl (C=O) groups is 1. The summed E-state index contributed by atoms with van der Waals surface area (Å²) in [6.07, 6.45) is 0. The molecule has 0 fully saturated rings. The van der Waals surface area contributed by atoms with Crippen molar-refractivity contribution in [2.45, 2.75) is 6.61 Å². The largest absolute Gasteiger partial charge is 0.497 e. The second-order valence-electron chi connectivity index (χ2n) is 5.60. The summed E-state index contributed by atoms with van der Waals surface area (Å²) in [6.45, 7) is 0.240. The Morgan fingerprint density at radius 2 is 1.77 bits per heavy atom. The van der Waals surface area contributed by atoms with Gasteiger partial charge in [-0.1, -0.05) is 30.3 Å². The van der Waals surface area contributed by atoms with E-state index >= 15 is 0 Å². The van der Waals surface area contributed by atoms with E-state index in [1.165, 1.54) is 12.1 Å². The maximum absolute atomic E-state index is 13.0. The molecule has 0 atom stereocenters. The SMILES string of the molecule is COc1cccc(NC(=O)c2ccccc2OCc2ccc(F)cc2)c1. The molecule has 1 amide bonds. The lowest BCUT2D eigenvalue weighted by Crippen LogP contribution is -2.13. The number of hydrogen-bond acceptors (Lipinski definition) is 3. The van der Waals surface area contributed by atoms with Crippen molar-refractivity contribution in [2.75, 3.05) is 12.4 Å². The van der Waals surface area contributed by atoms with Gasteiger partial charge in [0.25, 0.3) is 5.91 Å². The van der Waals surface area contributed by atoms with Gasteiger partial charge in [0, 0.05) is 11.8 Å². The zero-order valence-corrected chi connectivity index (χ0v) is 14.2. The molecule has 0 aliphatic heterocycles. The molecule has 26 heavy (non-hydrogen) atoms. The smallest absolute Gasteiger partial charge is 0.259 e. The van der Waals surface area contributed by atoms with Crippen molar-refractivity contribution in [3.05, 3.63) is 89.7 Å². The van der Waals surface area contributed by atoms with Gasteiger partial charge in [0.15, 0.2) is 0 Å². The van der Waals surface area contributed by atoms with Crippen LogP contribution < -0.4 is 14.8 Å². The Balaban J connectivity index is 1.73. The number of carbonyl (C=O) groups excluding carboxylic acids is 1. The molecule has 0 unspecified atom stereocenters. The number of para-hydroxylation sites is 1. The fraction of sp³-hybridized carbons (Fsp3) is 0.0952. The molecule has 0 bridgehead atoms. The third kappa shape index (κ3) is 4.39. The van der Waals surface area contributed by atoms with Gasteiger partial charge in [-0.3, -0.25) is 4.79 Å². The van der Waals surface area contributed by atoms with Gasteiger partial charge in [0.05, 0.1) is 12.7 Å². The summed E-state index contributed by atoms with van der Waals surface area (Å²) in [5, 5.41) is 2.83. The van der Waals surface area contributed by atoms with Crippen molar-refractivity contribution in [1.82, 2.24) is 0 Å². The van der Waals surface area contributed by atoms with Crippen LogP contribution >= 0.6 is 0 Å². The van der Waals surface area contributed by atoms with E-state index in [1.54, 1.807) is 67.8 Å². The number of rotatable bonds is 6. The van der Waals surface area contributed by atoms with Gasteiger partial charge in [0.1, 0.15) is 23.9 Å². The number of benzene rings is 3. The third-order valence-corrected chi connectivity index (χ3v) is 3.77. The van der Waals surface area contributed by atoms with E-state index in [0.29, 0.717) is 22.7 Å². The molecule has 0 aliphatic rings. The minimum atomic E-state index is -0.299. The molecule has 0 radical (unpaired) electrons. The van der Waals surface area contributed by atoms with Gasteiger partial charge < -0.3 is 14.8 Å². The molecule has 132 valence electrons. The Bertz CT molecular complexity index is 894. The molecule has 0 spiro atoms. The van der Waals surface area contributed by atoms with Crippen LogP contribution in [0.3, 0.4) is 0 Å². The number of hydrogen-bond donors (Lipinski definition) is 1. The fourth-order valence-corrected chi connectivity index (χ4v) is 2.42. The minimum absolute atomic E-state index is 0.240. The molecule has 0 heterocycles. The number of ether oxygens (including phenoxy) is 2. The number of methoxy groups -OCH3 is 1. The fourth-order valence-electron chi connectivity index (χ4n) is 2.42. The van der Waals surface area contributed by atoms with Gasteiger partial charge in [-0.25, -0.2) is 4.39 Å². The van der Waals surface area contributed by atoms with Crippen LogP contribution in [0.2, 0.25) is 0 Å². The molecule has 1 N–H and O–H groups in total. The van der Waals surface area contributed by atoms with E-state index in [9.17, 15) is 9.18 Å². The van der Waals surface area contributed by atoms with Crippen molar-refractivity contribution in [3.8, 4) is 11.5 Å². The predicted molar refractivity (Wildman–Crippen MR) is 98.1 cm³/mol. The first kappa shape index (κ1) is 17.5. The Morgan fingerprint density at radius 3 is 2.54 bits per heavy atom. The van der Waals surface area contributed by atoms with Crippen molar-refractivity contribution in [1.29, 1.82) is 0 Å². The molecule has 0 saturated carbocycles. The normalized spacial score (nSPS) is 10.2. The van der Waals surface area contributed by atoms with Gasteiger partial charge in [-0.2, -0.15) is 0 Å². The van der Waals surface area contributed by atoms with Crippen molar-refractivity contribution >= 4 is 11.6 Å². The minimum Gasteiger partial charge on any atom is -0.497 e. The highest BCUT2D eigenvalue weighted by Crippen LogP contribution is 2.22. The van der Waals surface area contributed by atoms with Crippen molar-refractivity contribution in [2.24, 2.45) is 0 Å². The van der Waals surface area contributed by atoms with E-state index in [1.807, 2.05) is 0 Å². The predicted octanol–water partition coefficient (Wildman–Crippen LogP) is 4.67. The average molecular weight is 351 g/mol. The average Bonchev–Trinajstić information content (AvgIpc) is 2.68. The summed E-state index contributed by atoms with van der Waals surface area (Å²) < 4.78 is 23.9. The summed E-state index contributed by atoms with van der Waals surface area (Å²) in [5.74, 6) is 0.528. The Morgan fingerprint density at radius 1 is 1.00 bits per heavy atom. The van der Waals surface area contributed by atoms with Crippen LogP contribution in [0.15, 0.2) is 72.8 Å². The second-order valence-corrected chi connectivity index (χ2v) is 5.60. The second kappa shape index (κ2) is 8.16. The lowest BCUT2D eigenvalue weighted by atomic mass is 10.1. The Hall–Kier alpha value is -3.34. The number of anilines is 1. The lowest BCUT2D eigenvalue weighted by molar-refractivity contribution is 0.102. The van der Waals surface area contributed by atoms with Gasteiger partial charge >= 0.3 is 0 Å². The highest BCUT2D eigenvalue weighted by molar-refractivity contribution is 6.06. The van der Waals surface area contributed by atoms with Crippen LogP contribution in [0.4, 0.5) is 10.1 Å². The topological polar surface area (TPSA) is 47.6 Å². The molecule has 4 nitrogen and oxygen atoms in total. The zero-order valence-electron chi connectivity index (χ0n) is 14.2. The van der Waals surface area contributed by atoms with E-state index < -0.39 is 0 Å². The Labute approximate surface area is 151 Å². The summed E-state index contributed by atoms with van der Waals surface area (Å²) >= 11 is 0. The summed E-state index contributed by atoms with van der Waals surface area (Å²) in [5.41, 5.74) is 1.86. The molecule has 0 saturated heterocycles. The van der Waals surface area contributed by atoms with Crippen LogP contribution in [0.25, 0.3) is 0 Å². The highest BCUT2D eigenvalue weighted by Gasteiger charge is 2.13. The van der Waals surface area contributed by atoms with Crippen LogP contribution in [-0.2, 0) is 6.61 Å². The summed E-state index contributed by atoms with van der Waals surface area (Å²) in [4.78, 5) is 12.6. The first-order valence-electron chi connectivity index (χ1n) is 8.07. The standard InChI is InChI=1S/C21H18FNO3/c1-25-18-6-4-5-17(13-18)23-21(24)19-7-2-3-8-20(19)26-14-15-9-11-16(22)12-10-15/h2-13H,14H2,1H3,(H,23,24). The molecule has 5 heteroatoms. The van der Waals surface area contributed by atoms with Crippen molar-refractivity contribution < 1.29 is 18.7 Å². The lowest BCUT2D eigenvalue weighted by Gasteiger charge is -2.12. The molecule has 3 aromatic carbocycles. The van der Waals surface area contributed by atoms with Crippen LogP contribution in [0.1, 0.15) is 15.9 Å². The van der Waals surface area contributed by atoms with E-state index in [-0.39, 0.29) is 18.3 Å². The van der Waals surface area contributed by atoms with E-state index in [2.05, 4.69) is 5.32 Å². The Kier molecular flexibility index (Phi) is 5.49. The number of nitrogens with one attached hydrogen (secondary N) is 1. The summed E-state index contributed by atoms with van der Waals surface area (Å²) in [6, 6.07) is 20.1. The molecule has 3 aromatic rings. The van der Waals surface area contributed by atoms with E-state index in [4.69, 9.17) is 9.47 Å². The molecule has 0 aromatic heterocycles. The molecular weight excluding hydrogens is 333 g/mol. The molecular formula is C21H18FNO3. The van der Waals surface area contributed by atoms with Gasteiger partial charge in [-0.15, -0.1) is 0 Å². The highest BCUT2D eigenvalue weighted by atomic mass is 19.1. The van der Waals surface area contributed by atoms with Crippen LogP contribution in [0.5, 0.6) is 11.5 Å². The monoisotopic (exact) mass is 351 g/mol. The maximum atomic E-state index is 13.0. The first-order valence-corrected chi connectivity index (χ1v) is 8.07. The van der Waals surface area contributed by atoms with Crippen molar-refractivity contribution in [3.63, 3.8) is 0 Å². The van der Waals surface area contributed by atoms with Crippen LogP contribution in [-0.4, -0.2) is 13.0 Å². The third-order valence-electron chi connectivity index (χ3n) is 3.77. The zero-order chi connectivity index (χ0) is 18.4. The number of halogens is 1. The van der Waals surface area contributed by atoms with E-state index in [0.717, 1.165) is 5.56 Å². The summed E-state index contributed by atoms with van der Waals surface area (Å²) in [7, 11) is 1.57. The quantitative estimate of drug-likeness (QED) is 0.702. The first-order chi connectivity index (χ1) is 12.7. The maximum Gasteiger partial charge on any atom is 0.259 e. The van der Waals surface area contributed by atoms with Crippen LogP contribution in [0, 0.1) is 5.82 Å². The van der Waals surface area contributed by atoms with Gasteiger partial charge in [0.2, 0.25) is 0 Å². The van der Waals surface area contributed by atoms with Gasteiger partial charge in [-0.05, 0) is 42.0 Å². The molecule has 3 rings (SSSR count).